The predicted octanol–water partition coefficient (Wildman–Crippen LogP) is -3.34. The first-order chi connectivity index (χ1) is 12.4. The molecule has 0 spiro atoms. The average molecular weight is 408 g/mol. The molecule has 0 aliphatic rings. The van der Waals surface area contributed by atoms with Gasteiger partial charge >= 0.3 is 11.9 Å². The zero-order chi connectivity index (χ0) is 21.3. The fraction of sp³-hybridized carbons (Fsp3) is 0.643. The molecule has 0 aromatic heterocycles. The highest BCUT2D eigenvalue weighted by Crippen LogP contribution is 2.00. The molecule has 0 radical (unpaired) electrons. The first-order valence-electron chi connectivity index (χ1n) is 7.80. The van der Waals surface area contributed by atoms with Gasteiger partial charge in [0.15, 0.2) is 0 Å². The smallest absolute Gasteiger partial charge is 0.326 e. The number of nitrogens with two attached hydrogens (primary N) is 1. The van der Waals surface area contributed by atoms with E-state index in [1.807, 2.05) is 5.32 Å². The van der Waals surface area contributed by atoms with Crippen LogP contribution in [0.5, 0.6) is 0 Å². The summed E-state index contributed by atoms with van der Waals surface area (Å²) < 4.78 is 0. The quantitative estimate of drug-likeness (QED) is 0.160. The molecule has 3 amide bonds. The maximum atomic E-state index is 12.2. The minimum atomic E-state index is -1.76. The molecule has 0 heterocycles. The molecule has 0 rings (SSSR count). The lowest BCUT2D eigenvalue weighted by Crippen LogP contribution is -2.60. The Morgan fingerprint density at radius 3 is 1.81 bits per heavy atom. The van der Waals surface area contributed by atoms with Gasteiger partial charge < -0.3 is 37.0 Å². The van der Waals surface area contributed by atoms with E-state index in [-0.39, 0.29) is 5.75 Å². The number of carboxylic acid groups (broad SMARTS) is 2. The van der Waals surface area contributed by atoms with Crippen molar-refractivity contribution >= 4 is 42.3 Å². The van der Waals surface area contributed by atoms with Crippen LogP contribution >= 0.6 is 12.6 Å². The van der Waals surface area contributed by atoms with Crippen LogP contribution in [0.4, 0.5) is 0 Å². The van der Waals surface area contributed by atoms with Gasteiger partial charge in [0.2, 0.25) is 17.7 Å². The van der Waals surface area contributed by atoms with Gasteiger partial charge in [0.1, 0.15) is 18.1 Å². The lowest BCUT2D eigenvalue weighted by atomic mass is 10.1. The van der Waals surface area contributed by atoms with Gasteiger partial charge in [-0.15, -0.1) is 0 Å². The summed E-state index contributed by atoms with van der Waals surface area (Å²) in [5.41, 5.74) is 5.38. The summed E-state index contributed by atoms with van der Waals surface area (Å²) >= 11 is 3.92. The van der Waals surface area contributed by atoms with Crippen molar-refractivity contribution in [3.05, 3.63) is 0 Å². The molecule has 0 aromatic carbocycles. The van der Waals surface area contributed by atoms with E-state index in [9.17, 15) is 29.1 Å². The van der Waals surface area contributed by atoms with Crippen molar-refractivity contribution in [2.75, 3.05) is 5.75 Å². The van der Waals surface area contributed by atoms with Crippen molar-refractivity contribution < 1.29 is 39.3 Å². The molecule has 13 heteroatoms. The highest BCUT2D eigenvalue weighted by molar-refractivity contribution is 7.80. The van der Waals surface area contributed by atoms with E-state index < -0.39 is 66.4 Å². The van der Waals surface area contributed by atoms with Crippen LogP contribution in [-0.4, -0.2) is 81.0 Å². The summed E-state index contributed by atoms with van der Waals surface area (Å²) in [6.45, 7) is 2.55. The van der Waals surface area contributed by atoms with Crippen LogP contribution in [0.15, 0.2) is 0 Å². The van der Waals surface area contributed by atoms with E-state index in [0.717, 1.165) is 6.92 Å². The monoisotopic (exact) mass is 408 g/mol. The van der Waals surface area contributed by atoms with E-state index in [1.165, 1.54) is 6.92 Å². The summed E-state index contributed by atoms with van der Waals surface area (Å²) in [6.07, 6.45) is -2.34. The van der Waals surface area contributed by atoms with Gasteiger partial charge in [-0.1, -0.05) is 0 Å². The highest BCUT2D eigenvalue weighted by atomic mass is 32.1. The number of hydrogen-bond donors (Lipinski definition) is 8. The topological polar surface area (TPSA) is 208 Å². The minimum Gasteiger partial charge on any atom is -0.481 e. The Kier molecular flexibility index (Phi) is 10.4. The second-order valence-corrected chi connectivity index (χ2v) is 6.12. The van der Waals surface area contributed by atoms with Crippen molar-refractivity contribution in [3.8, 4) is 0 Å². The van der Waals surface area contributed by atoms with Gasteiger partial charge in [0, 0.05) is 5.75 Å². The second kappa shape index (κ2) is 11.4. The summed E-state index contributed by atoms with van der Waals surface area (Å²) in [5.74, 6) is -5.83. The van der Waals surface area contributed by atoms with Crippen LogP contribution in [0.1, 0.15) is 20.3 Å². The molecule has 154 valence electrons. The Labute approximate surface area is 160 Å². The minimum absolute atomic E-state index is 0.144. The van der Waals surface area contributed by atoms with Crippen LogP contribution in [0.25, 0.3) is 0 Å². The Hall–Kier alpha value is -2.38. The number of thiol groups is 1. The predicted molar refractivity (Wildman–Crippen MR) is 94.9 cm³/mol. The second-order valence-electron chi connectivity index (χ2n) is 5.76. The number of carboxylic acids is 2. The maximum Gasteiger partial charge on any atom is 0.326 e. The third-order valence-electron chi connectivity index (χ3n) is 3.29. The van der Waals surface area contributed by atoms with Crippen molar-refractivity contribution in [1.29, 1.82) is 0 Å². The molecule has 0 aliphatic heterocycles. The van der Waals surface area contributed by atoms with Crippen molar-refractivity contribution in [1.82, 2.24) is 16.0 Å². The molecule has 0 aromatic rings. The Morgan fingerprint density at radius 1 is 0.926 bits per heavy atom. The van der Waals surface area contributed by atoms with Gasteiger partial charge in [-0.25, -0.2) is 4.79 Å². The molecule has 8 N–H and O–H groups in total. The number of amides is 3. The molecular formula is C14H24N4O8S. The molecule has 0 aliphatic carbocycles. The maximum absolute atomic E-state index is 12.2. The van der Waals surface area contributed by atoms with Crippen molar-refractivity contribution in [3.63, 3.8) is 0 Å². The van der Waals surface area contributed by atoms with Gasteiger partial charge in [-0.3, -0.25) is 19.2 Å². The summed E-state index contributed by atoms with van der Waals surface area (Å²) in [5, 5.41) is 33.7. The number of carbonyl (C=O) groups is 5. The molecule has 5 atom stereocenters. The van der Waals surface area contributed by atoms with Gasteiger partial charge in [0.05, 0.1) is 18.6 Å². The van der Waals surface area contributed by atoms with E-state index in [4.69, 9.17) is 15.9 Å². The molecule has 0 saturated carbocycles. The normalized spacial score (nSPS) is 16.2. The standard InChI is InChI=1S/C14H24N4O8S/c1-5(15)11(22)17-8(4-27)12(23)18-10(6(2)19)13(24)16-7(14(25)26)3-9(20)21/h5-8,10,19,27H,3-4,15H2,1-2H3,(H,16,24)(H,17,22)(H,18,23)(H,20,21)(H,25,26). The van der Waals surface area contributed by atoms with E-state index in [1.54, 1.807) is 0 Å². The van der Waals surface area contributed by atoms with Gasteiger partial charge in [0.25, 0.3) is 0 Å². The first kappa shape index (κ1) is 24.6. The summed E-state index contributed by atoms with van der Waals surface area (Å²) in [7, 11) is 0. The molecule has 5 unspecified atom stereocenters. The molecule has 0 bridgehead atoms. The number of aliphatic carboxylic acids is 2. The SMILES string of the molecule is CC(N)C(=O)NC(CS)C(=O)NC(C(=O)NC(CC(=O)O)C(=O)O)C(C)O. The van der Waals surface area contributed by atoms with Crippen LogP contribution in [0.2, 0.25) is 0 Å². The summed E-state index contributed by atoms with van der Waals surface area (Å²) in [4.78, 5) is 57.7. The van der Waals surface area contributed by atoms with Crippen LogP contribution < -0.4 is 21.7 Å². The summed E-state index contributed by atoms with van der Waals surface area (Å²) in [6, 6.07) is -5.42. The Balaban J connectivity index is 5.17. The van der Waals surface area contributed by atoms with Gasteiger partial charge in [-0.05, 0) is 13.8 Å². The van der Waals surface area contributed by atoms with E-state index >= 15 is 0 Å². The number of hydrogen-bond acceptors (Lipinski definition) is 8. The molecular weight excluding hydrogens is 384 g/mol. The van der Waals surface area contributed by atoms with Gasteiger partial charge in [-0.2, -0.15) is 12.6 Å². The lowest BCUT2D eigenvalue weighted by Gasteiger charge is -2.25. The van der Waals surface area contributed by atoms with Crippen molar-refractivity contribution in [2.45, 2.75) is 50.5 Å². The lowest BCUT2D eigenvalue weighted by molar-refractivity contribution is -0.147. The Bertz CT molecular complexity index is 583. The Morgan fingerprint density at radius 2 is 1.44 bits per heavy atom. The number of aliphatic hydroxyl groups excluding tert-OH is 1. The fourth-order valence-corrected chi connectivity index (χ4v) is 2.05. The number of nitrogens with one attached hydrogen (secondary N) is 3. The molecule has 0 saturated heterocycles. The van der Waals surface area contributed by atoms with Crippen molar-refractivity contribution in [2.24, 2.45) is 5.73 Å². The average Bonchev–Trinajstić information content (AvgIpc) is 2.55. The molecule has 0 fully saturated rings. The van der Waals surface area contributed by atoms with Crippen LogP contribution in [0.3, 0.4) is 0 Å². The van der Waals surface area contributed by atoms with E-state index in [0.29, 0.717) is 0 Å². The van der Waals surface area contributed by atoms with E-state index in [2.05, 4.69) is 23.3 Å². The third kappa shape index (κ3) is 8.70. The highest BCUT2D eigenvalue weighted by Gasteiger charge is 2.32. The van der Waals surface area contributed by atoms with Crippen LogP contribution in [0, 0.1) is 0 Å². The van der Waals surface area contributed by atoms with Crippen LogP contribution in [-0.2, 0) is 24.0 Å². The zero-order valence-electron chi connectivity index (χ0n) is 14.7. The number of aliphatic hydroxyl groups is 1. The first-order valence-corrected chi connectivity index (χ1v) is 8.44. The largest absolute Gasteiger partial charge is 0.481 e. The number of rotatable bonds is 11. The number of carbonyl (C=O) groups excluding carboxylic acids is 3. The molecule has 12 nitrogen and oxygen atoms in total. The molecule has 27 heavy (non-hydrogen) atoms. The zero-order valence-corrected chi connectivity index (χ0v) is 15.6. The third-order valence-corrected chi connectivity index (χ3v) is 3.65. The fourth-order valence-electron chi connectivity index (χ4n) is 1.79.